The van der Waals surface area contributed by atoms with Crippen molar-refractivity contribution in [3.8, 4) is 11.1 Å². The van der Waals surface area contributed by atoms with Gasteiger partial charge >= 0.3 is 0 Å². The number of rotatable bonds is 8. The zero-order valence-electron chi connectivity index (χ0n) is 38.1. The Morgan fingerprint density at radius 2 is 0.775 bits per heavy atom. The molecule has 0 saturated heterocycles. The zero-order chi connectivity index (χ0) is 47.2. The Hall–Kier alpha value is -9.26. The Kier molecular flexibility index (Phi) is 9.14. The van der Waals surface area contributed by atoms with Gasteiger partial charge in [-0.3, -0.25) is 0 Å². The monoisotopic (exact) mass is 918 g/mol. The van der Waals surface area contributed by atoms with Crippen LogP contribution in [0.2, 0.25) is 0 Å². The number of anilines is 6. The fraction of sp³-hybridized carbons (Fsp3) is 0.0154. The van der Waals surface area contributed by atoms with Gasteiger partial charge in [0, 0.05) is 44.0 Å². The molecular formula is C65H40F2N2O2. The Morgan fingerprint density at radius 1 is 0.324 bits per heavy atom. The van der Waals surface area contributed by atoms with Gasteiger partial charge < -0.3 is 18.6 Å². The van der Waals surface area contributed by atoms with Gasteiger partial charge in [-0.25, -0.2) is 8.78 Å². The molecule has 336 valence electrons. The smallest absolute Gasteiger partial charge is 0.159 e. The molecule has 0 aliphatic heterocycles. The summed E-state index contributed by atoms with van der Waals surface area (Å²) in [6.07, 6.45) is 0. The molecule has 0 fully saturated rings. The van der Waals surface area contributed by atoms with E-state index in [0.717, 1.165) is 122 Å². The van der Waals surface area contributed by atoms with Crippen LogP contribution in [0.3, 0.4) is 0 Å². The van der Waals surface area contributed by atoms with Gasteiger partial charge in [0.1, 0.15) is 22.8 Å². The van der Waals surface area contributed by atoms with Gasteiger partial charge in [-0.2, -0.15) is 0 Å². The molecule has 6 heteroatoms. The lowest BCUT2D eigenvalue weighted by Gasteiger charge is -2.36. The molecule has 0 radical (unpaired) electrons. The molecule has 1 aliphatic rings. The average Bonchev–Trinajstić information content (AvgIpc) is 4.10. The van der Waals surface area contributed by atoms with Crippen LogP contribution in [-0.4, -0.2) is 0 Å². The average molecular weight is 919 g/mol. The molecule has 0 spiro atoms. The standard InChI is InChI=1S/C65H40F2N2O2/c66-43-29-33-45(34-30-43)68(57-25-13-23-52-49-20-9-11-27-60(49)70-63(52)57)47-37-38-54-55(39-47)65(41-15-3-1-4-16-41,42-17-5-2-6-18-42)56-40-59(48-19-7-8-22-51(48)62(54)56)69(46-35-31-44(67)32-36-46)58-26-14-24-53-50-21-10-12-28-61(50)71-64(53)58/h1-40H. The van der Waals surface area contributed by atoms with Gasteiger partial charge in [-0.1, -0.05) is 152 Å². The largest absolute Gasteiger partial charge is 0.454 e. The maximum atomic E-state index is 15.0. The number of para-hydroxylation sites is 4. The molecule has 13 aromatic rings. The third-order valence-electron chi connectivity index (χ3n) is 14.4. The molecule has 0 amide bonds. The van der Waals surface area contributed by atoms with Crippen molar-refractivity contribution in [2.75, 3.05) is 9.80 Å². The first-order chi connectivity index (χ1) is 35.0. The first kappa shape index (κ1) is 40.8. The maximum absolute atomic E-state index is 15.0. The minimum Gasteiger partial charge on any atom is -0.454 e. The molecular weight excluding hydrogens is 879 g/mol. The summed E-state index contributed by atoms with van der Waals surface area (Å²) in [6.45, 7) is 0. The second kappa shape index (κ2) is 15.9. The highest BCUT2D eigenvalue weighted by Crippen LogP contribution is 2.61. The van der Waals surface area contributed by atoms with Crippen molar-refractivity contribution in [3.63, 3.8) is 0 Å². The van der Waals surface area contributed by atoms with E-state index in [-0.39, 0.29) is 11.6 Å². The molecule has 0 N–H and O–H groups in total. The van der Waals surface area contributed by atoms with Crippen LogP contribution in [-0.2, 0) is 5.41 Å². The lowest BCUT2D eigenvalue weighted by molar-refractivity contribution is 0.627. The van der Waals surface area contributed by atoms with Gasteiger partial charge in [0.2, 0.25) is 0 Å². The second-order valence-electron chi connectivity index (χ2n) is 18.2. The van der Waals surface area contributed by atoms with Crippen LogP contribution in [0.25, 0.3) is 65.8 Å². The zero-order valence-corrected chi connectivity index (χ0v) is 38.1. The van der Waals surface area contributed by atoms with Crippen molar-refractivity contribution in [2.45, 2.75) is 5.41 Å². The van der Waals surface area contributed by atoms with Crippen molar-refractivity contribution in [1.82, 2.24) is 0 Å². The molecule has 0 atom stereocenters. The summed E-state index contributed by atoms with van der Waals surface area (Å²) in [7, 11) is 0. The number of hydrogen-bond acceptors (Lipinski definition) is 4. The summed E-state index contributed by atoms with van der Waals surface area (Å²) in [5, 5.41) is 6.10. The summed E-state index contributed by atoms with van der Waals surface area (Å²) in [4.78, 5) is 4.41. The highest BCUT2D eigenvalue weighted by Gasteiger charge is 2.48. The van der Waals surface area contributed by atoms with Crippen LogP contribution in [0.15, 0.2) is 251 Å². The number of furan rings is 2. The molecule has 11 aromatic carbocycles. The Balaban J connectivity index is 1.09. The Morgan fingerprint density at radius 3 is 1.34 bits per heavy atom. The molecule has 1 aliphatic carbocycles. The van der Waals surface area contributed by atoms with Gasteiger partial charge in [-0.15, -0.1) is 0 Å². The van der Waals surface area contributed by atoms with Crippen molar-refractivity contribution in [1.29, 1.82) is 0 Å². The molecule has 0 bridgehead atoms. The van der Waals surface area contributed by atoms with E-state index in [1.807, 2.05) is 60.7 Å². The minimum absolute atomic E-state index is 0.318. The highest BCUT2D eigenvalue weighted by molar-refractivity contribution is 6.15. The van der Waals surface area contributed by atoms with Crippen LogP contribution < -0.4 is 9.80 Å². The number of halogens is 2. The van der Waals surface area contributed by atoms with Crippen LogP contribution >= 0.6 is 0 Å². The molecule has 71 heavy (non-hydrogen) atoms. The fourth-order valence-corrected chi connectivity index (χ4v) is 11.5. The lowest BCUT2D eigenvalue weighted by Crippen LogP contribution is -2.29. The Labute approximate surface area is 407 Å². The summed E-state index contributed by atoms with van der Waals surface area (Å²) in [5.74, 6) is -0.639. The van der Waals surface area contributed by atoms with Crippen LogP contribution in [0, 0.1) is 11.6 Å². The fourth-order valence-electron chi connectivity index (χ4n) is 11.5. The van der Waals surface area contributed by atoms with Crippen molar-refractivity contribution in [3.05, 3.63) is 277 Å². The topological polar surface area (TPSA) is 32.8 Å². The lowest BCUT2D eigenvalue weighted by atomic mass is 9.67. The number of benzene rings is 11. The van der Waals surface area contributed by atoms with E-state index in [0.29, 0.717) is 0 Å². The SMILES string of the molecule is Fc1ccc(N(c2ccc3c(c2)C(c2ccccc2)(c2ccccc2)c2cc(N(c4ccc(F)cc4)c4cccc5c4oc4ccccc45)c4ccccc4c2-3)c2cccc3c2oc2ccccc23)cc1. The predicted octanol–water partition coefficient (Wildman–Crippen LogP) is 18.2. The van der Waals surface area contributed by atoms with Gasteiger partial charge in [0.05, 0.1) is 22.5 Å². The van der Waals surface area contributed by atoms with Gasteiger partial charge in [0.25, 0.3) is 0 Å². The first-order valence-electron chi connectivity index (χ1n) is 23.8. The van der Waals surface area contributed by atoms with Crippen molar-refractivity contribution >= 4 is 88.8 Å². The second-order valence-corrected chi connectivity index (χ2v) is 18.2. The molecule has 2 aromatic heterocycles. The first-order valence-corrected chi connectivity index (χ1v) is 23.8. The predicted molar refractivity (Wildman–Crippen MR) is 285 cm³/mol. The summed E-state index contributed by atoms with van der Waals surface area (Å²) in [6, 6.07) is 81.3. The molecule has 0 unspecified atom stereocenters. The molecule has 14 rings (SSSR count). The van der Waals surface area contributed by atoms with Crippen molar-refractivity contribution in [2.24, 2.45) is 0 Å². The van der Waals surface area contributed by atoms with E-state index in [2.05, 4.69) is 168 Å². The van der Waals surface area contributed by atoms with Crippen LogP contribution in [0.1, 0.15) is 22.3 Å². The third-order valence-corrected chi connectivity index (χ3v) is 14.4. The number of hydrogen-bond donors (Lipinski definition) is 0. The van der Waals surface area contributed by atoms with Crippen LogP contribution in [0.4, 0.5) is 42.9 Å². The summed E-state index contributed by atoms with van der Waals surface area (Å²) < 4.78 is 43.4. The van der Waals surface area contributed by atoms with E-state index in [1.165, 1.54) is 24.3 Å². The number of nitrogens with zero attached hydrogens (tertiary/aromatic N) is 2. The minimum atomic E-state index is -0.873. The molecule has 4 nitrogen and oxygen atoms in total. The van der Waals surface area contributed by atoms with E-state index in [1.54, 1.807) is 0 Å². The third kappa shape index (κ3) is 6.14. The highest BCUT2D eigenvalue weighted by atomic mass is 19.1. The molecule has 0 saturated carbocycles. The van der Waals surface area contributed by atoms with E-state index < -0.39 is 5.41 Å². The van der Waals surface area contributed by atoms with Crippen LogP contribution in [0.5, 0.6) is 0 Å². The van der Waals surface area contributed by atoms with E-state index in [4.69, 9.17) is 8.83 Å². The summed E-state index contributed by atoms with van der Waals surface area (Å²) in [5.41, 5.74) is 13.7. The van der Waals surface area contributed by atoms with Gasteiger partial charge in [0.15, 0.2) is 11.2 Å². The molecule has 2 heterocycles. The summed E-state index contributed by atoms with van der Waals surface area (Å²) >= 11 is 0. The normalized spacial score (nSPS) is 12.8. The van der Waals surface area contributed by atoms with Crippen molar-refractivity contribution < 1.29 is 17.6 Å². The quantitative estimate of drug-likeness (QED) is 0.152. The maximum Gasteiger partial charge on any atom is 0.159 e. The van der Waals surface area contributed by atoms with E-state index >= 15 is 0 Å². The van der Waals surface area contributed by atoms with Gasteiger partial charge in [-0.05, 0) is 130 Å². The Bertz CT molecular complexity index is 4160. The van der Waals surface area contributed by atoms with E-state index in [9.17, 15) is 8.78 Å². The number of fused-ring (bicyclic) bond motifs is 11.